The van der Waals surface area contributed by atoms with Crippen LogP contribution in [0.3, 0.4) is 0 Å². The summed E-state index contributed by atoms with van der Waals surface area (Å²) >= 11 is -0.926. The van der Waals surface area contributed by atoms with E-state index in [9.17, 15) is 13.2 Å². The van der Waals surface area contributed by atoms with Crippen molar-refractivity contribution in [1.29, 1.82) is 0 Å². The van der Waals surface area contributed by atoms with Crippen molar-refractivity contribution in [1.82, 2.24) is 4.90 Å². The number of nitrogen functional groups attached to an aromatic ring is 1. The molecule has 0 saturated carbocycles. The van der Waals surface area contributed by atoms with Crippen LogP contribution in [0.5, 0.6) is 0 Å². The molecule has 1 heterocycles. The van der Waals surface area contributed by atoms with Crippen LogP contribution in [0.1, 0.15) is 19.8 Å². The van der Waals surface area contributed by atoms with E-state index in [1.54, 1.807) is 24.0 Å². The number of amides is 1. The number of rotatable bonds is 4. The zero-order valence-electron chi connectivity index (χ0n) is 14.6. The number of ether oxygens (including phenoxy) is 1. The van der Waals surface area contributed by atoms with Gasteiger partial charge in [0.05, 0.1) is 0 Å². The number of carbonyl (C=O) groups excluding carboxylic acids is 1. The summed E-state index contributed by atoms with van der Waals surface area (Å²) in [6.45, 7) is 3.23. The van der Waals surface area contributed by atoms with Crippen molar-refractivity contribution in [2.24, 2.45) is 0 Å². The Bertz CT molecular complexity index is 909. The summed E-state index contributed by atoms with van der Waals surface area (Å²) in [5.74, 6) is 0. The van der Waals surface area contributed by atoms with E-state index in [4.69, 9.17) is 10.5 Å². The van der Waals surface area contributed by atoms with Crippen LogP contribution in [0.4, 0.5) is 10.5 Å². The Morgan fingerprint density at radius 3 is 2.50 bits per heavy atom. The van der Waals surface area contributed by atoms with Gasteiger partial charge in [-0.1, -0.05) is 0 Å². The number of fused-ring (bicyclic) bond motifs is 1. The predicted octanol–water partition coefficient (Wildman–Crippen LogP) is 2.86. The normalized spacial score (nSPS) is 16.4. The standard InChI is InChI=1S/C18H22AsN2O4S/c1-2-25-18(22)21-11-9-13(10-12-21)19-26(23,24)17-8-7-16(20)14-5-3-4-6-15(14)17/h3-8,13H,2,9-12,20H2,1H3. The average molecular weight is 437 g/mol. The van der Waals surface area contributed by atoms with E-state index in [-0.39, 0.29) is 10.8 Å². The van der Waals surface area contributed by atoms with Crippen molar-refractivity contribution in [3.8, 4) is 0 Å². The molecule has 0 unspecified atom stereocenters. The summed E-state index contributed by atoms with van der Waals surface area (Å²) in [5, 5.41) is 1.46. The van der Waals surface area contributed by atoms with Gasteiger partial charge in [0.1, 0.15) is 0 Å². The SMILES string of the molecule is CCOC(=O)N1CCC([As]S(=O)(=O)c2ccc(N)c3ccccc23)CC1. The zero-order chi connectivity index (χ0) is 18.7. The minimum atomic E-state index is -3.35. The second-order valence-electron chi connectivity index (χ2n) is 6.20. The van der Waals surface area contributed by atoms with Crippen molar-refractivity contribution < 1.29 is 17.9 Å². The van der Waals surface area contributed by atoms with Gasteiger partial charge in [-0.3, -0.25) is 0 Å². The van der Waals surface area contributed by atoms with E-state index in [0.29, 0.717) is 48.5 Å². The average Bonchev–Trinajstić information content (AvgIpc) is 2.62. The Balaban J connectivity index is 1.75. The van der Waals surface area contributed by atoms with Crippen LogP contribution < -0.4 is 5.73 Å². The Labute approximate surface area is 159 Å². The number of hydrogen-bond acceptors (Lipinski definition) is 5. The molecule has 1 radical (unpaired) electrons. The Morgan fingerprint density at radius 1 is 1.19 bits per heavy atom. The molecule has 0 spiro atoms. The minimum absolute atomic E-state index is 0.123. The first-order valence-electron chi connectivity index (χ1n) is 8.58. The Hall–Kier alpha value is -1.72. The molecule has 1 amide bonds. The summed E-state index contributed by atoms with van der Waals surface area (Å²) in [7, 11) is -3.35. The van der Waals surface area contributed by atoms with Gasteiger partial charge in [0.2, 0.25) is 0 Å². The van der Waals surface area contributed by atoms with Crippen LogP contribution in [0, 0.1) is 0 Å². The zero-order valence-corrected chi connectivity index (χ0v) is 17.3. The van der Waals surface area contributed by atoms with E-state index in [2.05, 4.69) is 0 Å². The number of anilines is 1. The molecule has 0 aromatic heterocycles. The third-order valence-corrected chi connectivity index (χ3v) is 11.9. The third-order valence-electron chi connectivity index (χ3n) is 4.47. The summed E-state index contributed by atoms with van der Waals surface area (Å²) in [6, 6.07) is 10.6. The molecule has 1 saturated heterocycles. The Kier molecular flexibility index (Phi) is 5.78. The maximum absolute atomic E-state index is 13.0. The fourth-order valence-electron chi connectivity index (χ4n) is 3.14. The Morgan fingerprint density at radius 2 is 1.85 bits per heavy atom. The molecule has 2 aromatic carbocycles. The van der Waals surface area contributed by atoms with E-state index >= 15 is 0 Å². The first kappa shape index (κ1) is 19.1. The molecule has 6 nitrogen and oxygen atoms in total. The molecule has 0 aliphatic carbocycles. The van der Waals surface area contributed by atoms with Crippen LogP contribution in [-0.2, 0) is 12.8 Å². The molecule has 0 bridgehead atoms. The molecule has 139 valence electrons. The van der Waals surface area contributed by atoms with Crippen molar-refractivity contribution >= 4 is 45.2 Å². The number of benzene rings is 2. The van der Waals surface area contributed by atoms with Crippen LogP contribution in [-0.4, -0.2) is 53.7 Å². The second-order valence-corrected chi connectivity index (χ2v) is 13.7. The topological polar surface area (TPSA) is 89.7 Å². The number of nitrogens with zero attached hydrogens (tertiary/aromatic N) is 1. The number of piperidine rings is 1. The monoisotopic (exact) mass is 437 g/mol. The van der Waals surface area contributed by atoms with Gasteiger partial charge >= 0.3 is 159 Å². The third kappa shape index (κ3) is 3.99. The number of hydrogen-bond donors (Lipinski definition) is 1. The summed E-state index contributed by atoms with van der Waals surface area (Å²) in [5.41, 5.74) is 6.57. The van der Waals surface area contributed by atoms with Crippen LogP contribution >= 0.6 is 0 Å². The van der Waals surface area contributed by atoms with Gasteiger partial charge in [0.25, 0.3) is 0 Å². The summed E-state index contributed by atoms with van der Waals surface area (Å²) < 4.78 is 31.2. The molecule has 2 N–H and O–H groups in total. The van der Waals surface area contributed by atoms with Crippen LogP contribution in [0.2, 0.25) is 4.71 Å². The van der Waals surface area contributed by atoms with Crippen LogP contribution in [0.25, 0.3) is 10.8 Å². The second kappa shape index (κ2) is 7.89. The molecule has 26 heavy (non-hydrogen) atoms. The molecular weight excluding hydrogens is 415 g/mol. The quantitative estimate of drug-likeness (QED) is 0.587. The first-order valence-corrected chi connectivity index (χ1v) is 13.4. The van der Waals surface area contributed by atoms with Gasteiger partial charge < -0.3 is 0 Å². The van der Waals surface area contributed by atoms with Crippen molar-refractivity contribution in [2.75, 3.05) is 25.4 Å². The molecule has 8 heteroatoms. The van der Waals surface area contributed by atoms with E-state index < -0.39 is 22.7 Å². The van der Waals surface area contributed by atoms with Crippen molar-refractivity contribution in [3.05, 3.63) is 36.4 Å². The fraction of sp³-hybridized carbons (Fsp3) is 0.389. The number of nitrogens with two attached hydrogens (primary N) is 1. The number of likely N-dealkylation sites (tertiary alicyclic amines) is 1. The van der Waals surface area contributed by atoms with Gasteiger partial charge in [-0.05, 0) is 0 Å². The van der Waals surface area contributed by atoms with E-state index in [1.165, 1.54) is 0 Å². The predicted molar refractivity (Wildman–Crippen MR) is 103 cm³/mol. The molecule has 3 rings (SSSR count). The number of carbonyl (C=O) groups is 1. The van der Waals surface area contributed by atoms with E-state index in [0.717, 1.165) is 5.39 Å². The molecule has 1 aliphatic rings. The molecule has 1 fully saturated rings. The first-order chi connectivity index (χ1) is 12.4. The molecule has 2 aromatic rings. The van der Waals surface area contributed by atoms with Crippen molar-refractivity contribution in [3.63, 3.8) is 0 Å². The van der Waals surface area contributed by atoms with E-state index in [1.807, 2.05) is 24.3 Å². The molecule has 1 aliphatic heterocycles. The van der Waals surface area contributed by atoms with Gasteiger partial charge in [-0.15, -0.1) is 0 Å². The molecular formula is C18H22AsN2O4S. The molecule has 0 atom stereocenters. The summed E-state index contributed by atoms with van der Waals surface area (Å²) in [4.78, 5) is 13.8. The maximum atomic E-state index is 13.0. The fourth-order valence-corrected chi connectivity index (χ4v) is 10.6. The van der Waals surface area contributed by atoms with Gasteiger partial charge in [-0.2, -0.15) is 0 Å². The summed E-state index contributed by atoms with van der Waals surface area (Å²) in [6.07, 6.45) is 1.09. The van der Waals surface area contributed by atoms with Gasteiger partial charge in [0, 0.05) is 0 Å². The van der Waals surface area contributed by atoms with Gasteiger partial charge in [-0.25, -0.2) is 0 Å². The van der Waals surface area contributed by atoms with Crippen LogP contribution in [0.15, 0.2) is 41.3 Å². The van der Waals surface area contributed by atoms with Crippen molar-refractivity contribution in [2.45, 2.75) is 29.4 Å². The van der Waals surface area contributed by atoms with Gasteiger partial charge in [0.15, 0.2) is 0 Å².